The summed E-state index contributed by atoms with van der Waals surface area (Å²) in [7, 11) is 3.31. The second kappa shape index (κ2) is 12.5. The average molecular weight is 486 g/mol. The van der Waals surface area contributed by atoms with Gasteiger partial charge in [-0.3, -0.25) is 4.79 Å². The smallest absolute Gasteiger partial charge is 0.243 e. The molecule has 1 aliphatic rings. The number of amides is 1. The van der Waals surface area contributed by atoms with Crippen LogP contribution in [-0.2, 0) is 18.4 Å². The number of carbonyl (C=O) groups excluding carboxylic acids is 1. The third-order valence-electron chi connectivity index (χ3n) is 6.65. The third-order valence-corrected chi connectivity index (χ3v) is 9.17. The molecule has 0 saturated heterocycles. The molecule has 2 aromatic carbocycles. The predicted molar refractivity (Wildman–Crippen MR) is 145 cm³/mol. The standard InChI is InChI=1S/C30H36N3OP/c1-25(32(3)30(34)20-11-6-12-21-33-23-22-31(2)24-33)28-18-13-19-29(28)35(26-14-7-4-8-15-26)27-16-9-5-10-17-27/h4-5,7-10,13-19,22-25H,6,11-12,20-21H2,1-3H3/q+1/t25-/m1/s1. The Morgan fingerprint density at radius 3 is 2.23 bits per heavy atom. The Morgan fingerprint density at radius 1 is 0.971 bits per heavy atom. The number of hydrogen-bond donors (Lipinski definition) is 0. The summed E-state index contributed by atoms with van der Waals surface area (Å²) < 4.78 is 4.25. The van der Waals surface area contributed by atoms with Crippen molar-refractivity contribution >= 4 is 24.4 Å². The number of carbonyl (C=O) groups is 1. The van der Waals surface area contributed by atoms with Crippen LogP contribution >= 0.6 is 7.92 Å². The lowest BCUT2D eigenvalue weighted by atomic mass is 9.97. The molecule has 181 valence electrons. The van der Waals surface area contributed by atoms with Crippen molar-refractivity contribution in [3.63, 3.8) is 0 Å². The van der Waals surface area contributed by atoms with E-state index in [1.165, 1.54) is 22.2 Å². The Morgan fingerprint density at radius 2 is 1.63 bits per heavy atom. The molecule has 0 N–H and O–H groups in total. The van der Waals surface area contributed by atoms with Gasteiger partial charge in [-0.1, -0.05) is 60.7 Å². The van der Waals surface area contributed by atoms with E-state index in [-0.39, 0.29) is 11.9 Å². The summed E-state index contributed by atoms with van der Waals surface area (Å²) >= 11 is 0. The van der Waals surface area contributed by atoms with Crippen molar-refractivity contribution in [3.05, 3.63) is 110 Å². The van der Waals surface area contributed by atoms with Gasteiger partial charge in [0.2, 0.25) is 12.2 Å². The van der Waals surface area contributed by atoms with Crippen molar-refractivity contribution in [1.29, 1.82) is 0 Å². The van der Waals surface area contributed by atoms with E-state index < -0.39 is 7.92 Å². The largest absolute Gasteiger partial charge is 0.342 e. The number of unbranched alkanes of at least 4 members (excludes halogenated alkanes) is 2. The second-order valence-corrected chi connectivity index (χ2v) is 11.4. The number of rotatable bonds is 11. The van der Waals surface area contributed by atoms with Crippen LogP contribution < -0.4 is 15.2 Å². The first kappa shape index (κ1) is 25.6. The first-order valence-electron chi connectivity index (χ1n) is 12.5. The summed E-state index contributed by atoms with van der Waals surface area (Å²) in [5, 5.41) is 2.66. The third kappa shape index (κ3) is 6.61. The summed E-state index contributed by atoms with van der Waals surface area (Å²) in [5.74, 6) is 1.47. The van der Waals surface area contributed by atoms with Crippen LogP contribution in [-0.4, -0.2) is 28.5 Å². The van der Waals surface area contributed by atoms with Gasteiger partial charge in [0.15, 0.2) is 0 Å². The van der Waals surface area contributed by atoms with E-state index in [0.717, 1.165) is 25.8 Å². The van der Waals surface area contributed by atoms with E-state index >= 15 is 0 Å². The fraction of sp³-hybridized carbons (Fsp3) is 0.300. The molecule has 1 saturated carbocycles. The van der Waals surface area contributed by atoms with Crippen molar-refractivity contribution in [1.82, 2.24) is 9.47 Å². The molecule has 5 heteroatoms. The Balaban J connectivity index is 1.36. The van der Waals surface area contributed by atoms with E-state index in [1.807, 2.05) is 19.0 Å². The van der Waals surface area contributed by atoms with Gasteiger partial charge in [-0.15, -0.1) is 0 Å². The predicted octanol–water partition coefficient (Wildman–Crippen LogP) is 4.59. The fourth-order valence-electron chi connectivity index (χ4n) is 4.55. The molecule has 4 rings (SSSR count). The van der Waals surface area contributed by atoms with Crippen LogP contribution in [0.4, 0.5) is 0 Å². The Labute approximate surface area is 212 Å². The lowest BCUT2D eigenvalue weighted by Crippen LogP contribution is -2.40. The van der Waals surface area contributed by atoms with Gasteiger partial charge < -0.3 is 4.90 Å². The lowest BCUT2D eigenvalue weighted by molar-refractivity contribution is -0.671. The van der Waals surface area contributed by atoms with Gasteiger partial charge in [0.1, 0.15) is 12.4 Å². The average Bonchev–Trinajstić information content (AvgIpc) is 3.53. The highest BCUT2D eigenvalue weighted by Crippen LogP contribution is 2.57. The number of imidazole rings is 1. The maximum atomic E-state index is 13.1. The second-order valence-electron chi connectivity index (χ2n) is 9.18. The highest BCUT2D eigenvalue weighted by Gasteiger charge is 2.41. The molecule has 1 aromatic heterocycles. The van der Waals surface area contributed by atoms with Crippen LogP contribution in [0.15, 0.2) is 79.4 Å². The Hall–Kier alpha value is -2.45. The normalized spacial score (nSPS) is 15.5. The topological polar surface area (TPSA) is 29.1 Å². The van der Waals surface area contributed by atoms with Crippen LogP contribution in [0.1, 0.15) is 32.6 Å². The molecule has 1 atom stereocenters. The first-order valence-corrected chi connectivity index (χ1v) is 13.8. The summed E-state index contributed by atoms with van der Waals surface area (Å²) in [6.07, 6.45) is 16.5. The minimum Gasteiger partial charge on any atom is -0.342 e. The number of aromatic nitrogens is 2. The Bertz CT molecular complexity index is 1010. The zero-order valence-electron chi connectivity index (χ0n) is 21.0. The molecule has 5 radical (unpaired) electrons. The van der Waals surface area contributed by atoms with Crippen molar-refractivity contribution in [2.45, 2.75) is 45.2 Å². The van der Waals surface area contributed by atoms with Crippen molar-refractivity contribution in [2.24, 2.45) is 7.05 Å². The molecule has 0 bridgehead atoms. The minimum atomic E-state index is -0.685. The van der Waals surface area contributed by atoms with Crippen LogP contribution in [0, 0.1) is 30.8 Å². The zero-order valence-corrected chi connectivity index (χ0v) is 21.9. The molecule has 0 unspecified atom stereocenters. The molecular weight excluding hydrogens is 449 g/mol. The van der Waals surface area contributed by atoms with Gasteiger partial charge in [-0.05, 0) is 64.0 Å². The van der Waals surface area contributed by atoms with Crippen LogP contribution in [0.2, 0.25) is 0 Å². The van der Waals surface area contributed by atoms with Gasteiger partial charge in [0.25, 0.3) is 0 Å². The van der Waals surface area contributed by atoms with Gasteiger partial charge >= 0.3 is 0 Å². The number of benzene rings is 2. The first-order chi connectivity index (χ1) is 17.0. The van der Waals surface area contributed by atoms with E-state index in [4.69, 9.17) is 0 Å². The van der Waals surface area contributed by atoms with Crippen molar-refractivity contribution in [3.8, 4) is 0 Å². The molecule has 0 spiro atoms. The maximum Gasteiger partial charge on any atom is 0.243 e. The highest BCUT2D eigenvalue weighted by atomic mass is 31.1. The molecule has 4 nitrogen and oxygen atoms in total. The molecular formula is C30H36N3OP+. The van der Waals surface area contributed by atoms with E-state index in [1.54, 1.807) is 0 Å². The summed E-state index contributed by atoms with van der Waals surface area (Å²) in [5.41, 5.74) is 1.34. The lowest BCUT2D eigenvalue weighted by Gasteiger charge is -2.36. The summed E-state index contributed by atoms with van der Waals surface area (Å²) in [6, 6.07) is 21.5. The SMILES string of the molecule is C[C@H]([C]1[CH][CH][CH][C]1P(c1ccccc1)c1ccccc1)N(C)C(=O)CCCCCn1cc[n+](C)c1. The van der Waals surface area contributed by atoms with Crippen LogP contribution in [0.25, 0.3) is 0 Å². The molecule has 1 fully saturated rings. The summed E-state index contributed by atoms with van der Waals surface area (Å²) in [6.45, 7) is 3.16. The van der Waals surface area contributed by atoms with Gasteiger partial charge in [0, 0.05) is 31.1 Å². The quantitative estimate of drug-likeness (QED) is 0.222. The minimum absolute atomic E-state index is 0.0322. The van der Waals surface area contributed by atoms with Gasteiger partial charge in [-0.2, -0.15) is 0 Å². The molecule has 35 heavy (non-hydrogen) atoms. The number of hydrogen-bond acceptors (Lipinski definition) is 1. The van der Waals surface area contributed by atoms with Crippen molar-refractivity contribution in [2.75, 3.05) is 7.05 Å². The fourth-order valence-corrected chi connectivity index (χ4v) is 7.09. The molecule has 1 aliphatic carbocycles. The number of nitrogens with zero attached hydrogens (tertiary/aromatic N) is 3. The van der Waals surface area contributed by atoms with Gasteiger partial charge in [0.05, 0.1) is 13.6 Å². The molecule has 1 heterocycles. The monoisotopic (exact) mass is 485 g/mol. The Kier molecular flexibility index (Phi) is 9.15. The molecule has 1 amide bonds. The zero-order chi connectivity index (χ0) is 24.6. The van der Waals surface area contributed by atoms with Gasteiger partial charge in [-0.25, -0.2) is 9.13 Å². The summed E-state index contributed by atoms with van der Waals surface area (Å²) in [4.78, 5) is 15.0. The van der Waals surface area contributed by atoms with Crippen LogP contribution in [0.5, 0.6) is 0 Å². The molecule has 0 aliphatic heterocycles. The van der Waals surface area contributed by atoms with Crippen molar-refractivity contribution < 1.29 is 9.36 Å². The van der Waals surface area contributed by atoms with Crippen LogP contribution in [0.3, 0.4) is 0 Å². The molecule has 3 aromatic rings. The van der Waals surface area contributed by atoms with E-state index in [2.05, 4.69) is 115 Å². The van der Waals surface area contributed by atoms with E-state index in [0.29, 0.717) is 6.42 Å². The van der Waals surface area contributed by atoms with E-state index in [9.17, 15) is 4.79 Å². The number of aryl methyl sites for hydroxylation is 2. The maximum absolute atomic E-state index is 13.1. The highest BCUT2D eigenvalue weighted by molar-refractivity contribution is 7.76.